The highest BCUT2D eigenvalue weighted by atomic mass is 32.2. The minimum absolute atomic E-state index is 0.138. The third kappa shape index (κ3) is 1.68. The molecule has 0 aliphatic carbocycles. The zero-order valence-electron chi connectivity index (χ0n) is 8.14. The van der Waals surface area contributed by atoms with Gasteiger partial charge in [-0.1, -0.05) is 5.21 Å². The molecule has 1 atom stereocenters. The lowest BCUT2D eigenvalue weighted by molar-refractivity contribution is 0.0978. The molecule has 1 saturated heterocycles. The van der Waals surface area contributed by atoms with Crippen molar-refractivity contribution in [1.82, 2.24) is 15.0 Å². The topological polar surface area (TPSA) is 47.8 Å². The Morgan fingerprint density at radius 2 is 2.64 bits per heavy atom. The van der Waals surface area contributed by atoms with Crippen LogP contribution in [0.1, 0.15) is 30.3 Å². The first-order chi connectivity index (χ1) is 6.83. The number of hydrogen-bond acceptors (Lipinski definition) is 4. The quantitative estimate of drug-likeness (QED) is 0.709. The predicted octanol–water partition coefficient (Wildman–Crippen LogP) is 1.38. The summed E-state index contributed by atoms with van der Waals surface area (Å²) in [5, 5.41) is 7.77. The number of carbonyl (C=O) groups excluding carboxylic acids is 1. The molecule has 4 nitrogen and oxygen atoms in total. The zero-order chi connectivity index (χ0) is 9.97. The van der Waals surface area contributed by atoms with Crippen LogP contribution in [0.2, 0.25) is 0 Å². The number of nitrogens with zero attached hydrogens (tertiary/aromatic N) is 3. The highest BCUT2D eigenvalue weighted by Crippen LogP contribution is 2.28. The third-order valence-corrected chi connectivity index (χ3v) is 3.77. The van der Waals surface area contributed by atoms with Crippen molar-refractivity contribution in [3.63, 3.8) is 0 Å². The van der Waals surface area contributed by atoms with E-state index in [1.165, 1.54) is 0 Å². The molecule has 0 bridgehead atoms. The van der Waals surface area contributed by atoms with Gasteiger partial charge >= 0.3 is 0 Å². The molecule has 1 aliphatic rings. The van der Waals surface area contributed by atoms with E-state index in [0.717, 1.165) is 18.6 Å². The van der Waals surface area contributed by atoms with Crippen molar-refractivity contribution in [2.24, 2.45) is 0 Å². The SMILES string of the molecule is CCn1nncc1C(=O)C1CCCS1. The van der Waals surface area contributed by atoms with E-state index in [1.54, 1.807) is 22.6 Å². The largest absolute Gasteiger partial charge is 0.291 e. The number of rotatable bonds is 3. The van der Waals surface area contributed by atoms with Crippen LogP contribution in [0.4, 0.5) is 0 Å². The Morgan fingerprint density at radius 3 is 3.29 bits per heavy atom. The van der Waals surface area contributed by atoms with Crippen LogP contribution >= 0.6 is 11.8 Å². The molecule has 76 valence electrons. The van der Waals surface area contributed by atoms with Gasteiger partial charge in [0.05, 0.1) is 11.4 Å². The first-order valence-corrected chi connectivity index (χ1v) is 5.92. The fraction of sp³-hybridized carbons (Fsp3) is 0.667. The summed E-state index contributed by atoms with van der Waals surface area (Å²) in [6, 6.07) is 0. The Balaban J connectivity index is 2.17. The summed E-state index contributed by atoms with van der Waals surface area (Å²) in [7, 11) is 0. The first kappa shape index (κ1) is 9.71. The van der Waals surface area contributed by atoms with Crippen LogP contribution in [0, 0.1) is 0 Å². The highest BCUT2D eigenvalue weighted by molar-refractivity contribution is 8.00. The van der Waals surface area contributed by atoms with Gasteiger partial charge in [0.2, 0.25) is 0 Å². The molecule has 2 heterocycles. The van der Waals surface area contributed by atoms with Crippen molar-refractivity contribution in [3.8, 4) is 0 Å². The Hall–Kier alpha value is -0.840. The lowest BCUT2D eigenvalue weighted by Crippen LogP contribution is -2.18. The number of ketones is 1. The maximum absolute atomic E-state index is 12.0. The summed E-state index contributed by atoms with van der Waals surface area (Å²) in [5.74, 6) is 1.30. The Labute approximate surface area is 87.1 Å². The van der Waals surface area contributed by atoms with E-state index in [4.69, 9.17) is 0 Å². The van der Waals surface area contributed by atoms with Crippen LogP contribution in [-0.4, -0.2) is 31.8 Å². The van der Waals surface area contributed by atoms with Crippen LogP contribution in [0.15, 0.2) is 6.20 Å². The molecule has 14 heavy (non-hydrogen) atoms. The molecule has 0 N–H and O–H groups in total. The van der Waals surface area contributed by atoms with Crippen LogP contribution < -0.4 is 0 Å². The minimum atomic E-state index is 0.138. The smallest absolute Gasteiger partial charge is 0.195 e. The van der Waals surface area contributed by atoms with Crippen LogP contribution in [0.5, 0.6) is 0 Å². The monoisotopic (exact) mass is 211 g/mol. The predicted molar refractivity (Wildman–Crippen MR) is 55.5 cm³/mol. The van der Waals surface area contributed by atoms with Gasteiger partial charge in [0.15, 0.2) is 5.78 Å². The second-order valence-electron chi connectivity index (χ2n) is 3.30. The summed E-state index contributed by atoms with van der Waals surface area (Å²) in [6.07, 6.45) is 3.72. The van der Waals surface area contributed by atoms with Gasteiger partial charge in [-0.05, 0) is 25.5 Å². The number of hydrogen-bond donors (Lipinski definition) is 0. The van der Waals surface area contributed by atoms with Gasteiger partial charge in [-0.25, -0.2) is 4.68 Å². The average Bonchev–Trinajstić information content (AvgIpc) is 2.87. The van der Waals surface area contributed by atoms with Crippen molar-refractivity contribution >= 4 is 17.5 Å². The molecule has 0 aromatic carbocycles. The van der Waals surface area contributed by atoms with Gasteiger partial charge in [0.25, 0.3) is 0 Å². The van der Waals surface area contributed by atoms with Gasteiger partial charge < -0.3 is 0 Å². The van der Waals surface area contributed by atoms with Gasteiger partial charge in [0.1, 0.15) is 5.69 Å². The standard InChI is InChI=1S/C9H13N3OS/c1-2-12-7(6-10-11-12)9(13)8-4-3-5-14-8/h6,8H,2-5H2,1H3. The molecule has 0 spiro atoms. The summed E-state index contributed by atoms with van der Waals surface area (Å²) in [5.41, 5.74) is 0.659. The minimum Gasteiger partial charge on any atom is -0.291 e. The summed E-state index contributed by atoms with van der Waals surface area (Å²) < 4.78 is 1.67. The van der Waals surface area contributed by atoms with Crippen LogP contribution in [-0.2, 0) is 6.54 Å². The van der Waals surface area contributed by atoms with Gasteiger partial charge in [0, 0.05) is 6.54 Å². The number of thioether (sulfide) groups is 1. The lowest BCUT2D eigenvalue weighted by Gasteiger charge is -2.07. The summed E-state index contributed by atoms with van der Waals surface area (Å²) in [4.78, 5) is 12.0. The molecule has 1 fully saturated rings. The zero-order valence-corrected chi connectivity index (χ0v) is 8.96. The van der Waals surface area contributed by atoms with E-state index in [-0.39, 0.29) is 11.0 Å². The molecule has 1 aromatic rings. The number of Topliss-reactive ketones (excluding diaryl/α,β-unsaturated/α-hetero) is 1. The van der Waals surface area contributed by atoms with Crippen LogP contribution in [0.3, 0.4) is 0 Å². The van der Waals surface area contributed by atoms with E-state index < -0.39 is 0 Å². The normalized spacial score (nSPS) is 21.4. The molecule has 2 rings (SSSR count). The highest BCUT2D eigenvalue weighted by Gasteiger charge is 2.26. The average molecular weight is 211 g/mol. The van der Waals surface area contributed by atoms with E-state index in [1.807, 2.05) is 6.92 Å². The molecule has 1 aromatic heterocycles. The van der Waals surface area contributed by atoms with E-state index in [9.17, 15) is 4.79 Å². The second-order valence-corrected chi connectivity index (χ2v) is 4.61. The van der Waals surface area contributed by atoms with Crippen molar-refractivity contribution < 1.29 is 4.79 Å². The fourth-order valence-corrected chi connectivity index (χ4v) is 2.85. The summed E-state index contributed by atoms with van der Waals surface area (Å²) >= 11 is 1.75. The molecular weight excluding hydrogens is 198 g/mol. The number of carbonyl (C=O) groups is 1. The molecule has 0 saturated carbocycles. The third-order valence-electron chi connectivity index (χ3n) is 2.39. The van der Waals surface area contributed by atoms with Gasteiger partial charge in [-0.15, -0.1) is 5.10 Å². The fourth-order valence-electron chi connectivity index (χ4n) is 1.63. The number of aromatic nitrogens is 3. The summed E-state index contributed by atoms with van der Waals surface area (Å²) in [6.45, 7) is 2.67. The molecule has 0 radical (unpaired) electrons. The van der Waals surface area contributed by atoms with Crippen molar-refractivity contribution in [3.05, 3.63) is 11.9 Å². The molecule has 1 aliphatic heterocycles. The van der Waals surface area contributed by atoms with E-state index >= 15 is 0 Å². The molecule has 5 heteroatoms. The van der Waals surface area contributed by atoms with Crippen LogP contribution in [0.25, 0.3) is 0 Å². The second kappa shape index (κ2) is 4.13. The Morgan fingerprint density at radius 1 is 1.79 bits per heavy atom. The van der Waals surface area contributed by atoms with Gasteiger partial charge in [-0.2, -0.15) is 11.8 Å². The van der Waals surface area contributed by atoms with Crippen molar-refractivity contribution in [1.29, 1.82) is 0 Å². The molecule has 1 unspecified atom stereocenters. The maximum Gasteiger partial charge on any atom is 0.195 e. The first-order valence-electron chi connectivity index (χ1n) is 4.87. The van der Waals surface area contributed by atoms with E-state index in [0.29, 0.717) is 12.2 Å². The van der Waals surface area contributed by atoms with Crippen molar-refractivity contribution in [2.45, 2.75) is 31.6 Å². The molecule has 0 amide bonds. The molecular formula is C9H13N3OS. The van der Waals surface area contributed by atoms with Crippen molar-refractivity contribution in [2.75, 3.05) is 5.75 Å². The Kier molecular flexibility index (Phi) is 2.86. The number of aryl methyl sites for hydroxylation is 1. The Bertz CT molecular complexity index is 331. The van der Waals surface area contributed by atoms with E-state index in [2.05, 4.69) is 10.3 Å². The maximum atomic E-state index is 12.0. The van der Waals surface area contributed by atoms with Gasteiger partial charge in [-0.3, -0.25) is 4.79 Å². The lowest BCUT2D eigenvalue weighted by atomic mass is 10.1.